The molecule has 3 rings (SSSR count). The van der Waals surface area contributed by atoms with Crippen LogP contribution in [0.4, 0.5) is 5.82 Å². The van der Waals surface area contributed by atoms with Crippen LogP contribution in [0.15, 0.2) is 24.3 Å². The van der Waals surface area contributed by atoms with Gasteiger partial charge in [-0.3, -0.25) is 0 Å². The van der Waals surface area contributed by atoms with Crippen LogP contribution in [-0.4, -0.2) is 40.9 Å². The van der Waals surface area contributed by atoms with Crippen LogP contribution in [0.25, 0.3) is 5.69 Å². The van der Waals surface area contributed by atoms with Gasteiger partial charge in [-0.05, 0) is 64.4 Å². The third-order valence-corrected chi connectivity index (χ3v) is 5.30. The highest BCUT2D eigenvalue weighted by atomic mass is 35.5. The number of benzene rings is 1. The second-order valence-electron chi connectivity index (χ2n) is 6.98. The van der Waals surface area contributed by atoms with E-state index in [1.54, 1.807) is 0 Å². The Labute approximate surface area is 149 Å². The first-order valence-electron chi connectivity index (χ1n) is 8.78. The van der Waals surface area contributed by atoms with Crippen LogP contribution in [0, 0.1) is 6.92 Å². The van der Waals surface area contributed by atoms with E-state index in [0.29, 0.717) is 12.0 Å². The fourth-order valence-corrected chi connectivity index (χ4v) is 3.77. The summed E-state index contributed by atoms with van der Waals surface area (Å²) in [6.45, 7) is 8.89. The van der Waals surface area contributed by atoms with Crippen molar-refractivity contribution in [1.82, 2.24) is 14.7 Å². The standard InChI is InChI=1S/C19H27ClN4/c1-13(2)23-9-7-15(8-10-23)17-12-19(21-4)24(22-17)18-6-5-14(3)11-16(18)20/h5-6,11-13,15,21H,7-10H2,1-4H3. The average molecular weight is 347 g/mol. The van der Waals surface area contributed by atoms with Crippen LogP contribution < -0.4 is 5.32 Å². The quantitative estimate of drug-likeness (QED) is 0.887. The van der Waals surface area contributed by atoms with E-state index in [1.165, 1.54) is 18.5 Å². The van der Waals surface area contributed by atoms with Crippen LogP contribution >= 0.6 is 11.6 Å². The largest absolute Gasteiger partial charge is 0.373 e. The van der Waals surface area contributed by atoms with Crippen molar-refractivity contribution in [3.05, 3.63) is 40.5 Å². The molecule has 1 fully saturated rings. The van der Waals surface area contributed by atoms with Crippen molar-refractivity contribution < 1.29 is 0 Å². The number of likely N-dealkylation sites (tertiary alicyclic amines) is 1. The molecule has 1 saturated heterocycles. The summed E-state index contributed by atoms with van der Waals surface area (Å²) in [6.07, 6.45) is 2.33. The molecule has 2 heterocycles. The van der Waals surface area contributed by atoms with Crippen molar-refractivity contribution in [3.8, 4) is 5.69 Å². The molecule has 0 unspecified atom stereocenters. The summed E-state index contributed by atoms with van der Waals surface area (Å²) in [6, 6.07) is 8.90. The molecule has 0 radical (unpaired) electrons. The molecule has 0 amide bonds. The predicted molar refractivity (Wildman–Crippen MR) is 102 cm³/mol. The maximum absolute atomic E-state index is 6.45. The first-order chi connectivity index (χ1) is 11.5. The second kappa shape index (κ2) is 7.16. The Morgan fingerprint density at radius 3 is 2.50 bits per heavy atom. The molecule has 130 valence electrons. The maximum atomic E-state index is 6.45. The Hall–Kier alpha value is -1.52. The lowest BCUT2D eigenvalue weighted by Gasteiger charge is -2.33. The molecule has 4 nitrogen and oxygen atoms in total. The van der Waals surface area contributed by atoms with E-state index in [2.05, 4.69) is 36.2 Å². The molecular formula is C19H27ClN4. The zero-order chi connectivity index (χ0) is 17.3. The summed E-state index contributed by atoms with van der Waals surface area (Å²) in [7, 11) is 1.93. The van der Waals surface area contributed by atoms with Crippen LogP contribution in [-0.2, 0) is 0 Å². The highest BCUT2D eigenvalue weighted by Crippen LogP contribution is 2.32. The topological polar surface area (TPSA) is 33.1 Å². The molecule has 1 aromatic heterocycles. The lowest BCUT2D eigenvalue weighted by Crippen LogP contribution is -2.37. The minimum atomic E-state index is 0.526. The summed E-state index contributed by atoms with van der Waals surface area (Å²) in [5, 5.41) is 8.87. The van der Waals surface area contributed by atoms with Crippen molar-refractivity contribution in [1.29, 1.82) is 0 Å². The molecule has 5 heteroatoms. The molecule has 0 aliphatic carbocycles. The zero-order valence-electron chi connectivity index (χ0n) is 15.0. The fraction of sp³-hybridized carbons (Fsp3) is 0.526. The van der Waals surface area contributed by atoms with Crippen molar-refractivity contribution >= 4 is 17.4 Å². The molecule has 1 N–H and O–H groups in total. The Kier molecular flexibility index (Phi) is 5.16. The Bertz CT molecular complexity index is 699. The minimum absolute atomic E-state index is 0.526. The number of halogens is 1. The highest BCUT2D eigenvalue weighted by molar-refractivity contribution is 6.32. The molecule has 0 spiro atoms. The van der Waals surface area contributed by atoms with Gasteiger partial charge in [0.25, 0.3) is 0 Å². The molecule has 0 bridgehead atoms. The van der Waals surface area contributed by atoms with Gasteiger partial charge < -0.3 is 10.2 Å². The molecular weight excluding hydrogens is 320 g/mol. The van der Waals surface area contributed by atoms with Crippen molar-refractivity contribution in [3.63, 3.8) is 0 Å². The van der Waals surface area contributed by atoms with Gasteiger partial charge in [0.2, 0.25) is 0 Å². The SMILES string of the molecule is CNc1cc(C2CCN(C(C)C)CC2)nn1-c1ccc(C)cc1Cl. The molecule has 0 saturated carbocycles. The Balaban J connectivity index is 1.86. The van der Waals surface area contributed by atoms with Gasteiger partial charge in [-0.15, -0.1) is 0 Å². The molecule has 1 aliphatic rings. The van der Waals surface area contributed by atoms with E-state index in [9.17, 15) is 0 Å². The smallest absolute Gasteiger partial charge is 0.129 e. The fourth-order valence-electron chi connectivity index (χ4n) is 3.46. The number of aryl methyl sites for hydroxylation is 1. The third-order valence-electron chi connectivity index (χ3n) is 4.99. The van der Waals surface area contributed by atoms with Gasteiger partial charge in [-0.25, -0.2) is 4.68 Å². The Morgan fingerprint density at radius 1 is 1.21 bits per heavy atom. The van der Waals surface area contributed by atoms with Crippen molar-refractivity contribution in [2.45, 2.75) is 45.6 Å². The van der Waals surface area contributed by atoms with E-state index in [0.717, 1.165) is 35.2 Å². The summed E-state index contributed by atoms with van der Waals surface area (Å²) in [5.41, 5.74) is 3.25. The third kappa shape index (κ3) is 3.45. The number of hydrogen-bond donors (Lipinski definition) is 1. The number of anilines is 1. The lowest BCUT2D eigenvalue weighted by molar-refractivity contribution is 0.170. The van der Waals surface area contributed by atoms with E-state index in [-0.39, 0.29) is 0 Å². The first kappa shape index (κ1) is 17.3. The number of nitrogens with one attached hydrogen (secondary N) is 1. The number of aromatic nitrogens is 2. The van der Waals surface area contributed by atoms with Crippen molar-refractivity contribution in [2.24, 2.45) is 0 Å². The van der Waals surface area contributed by atoms with Crippen LogP contribution in [0.5, 0.6) is 0 Å². The maximum Gasteiger partial charge on any atom is 0.129 e. The van der Waals surface area contributed by atoms with Gasteiger partial charge in [0.1, 0.15) is 5.82 Å². The van der Waals surface area contributed by atoms with Gasteiger partial charge in [-0.1, -0.05) is 17.7 Å². The normalized spacial score (nSPS) is 16.8. The predicted octanol–water partition coefficient (Wildman–Crippen LogP) is 4.46. The summed E-state index contributed by atoms with van der Waals surface area (Å²) in [5.74, 6) is 1.51. The van der Waals surface area contributed by atoms with E-state index < -0.39 is 0 Å². The van der Waals surface area contributed by atoms with E-state index in [4.69, 9.17) is 16.7 Å². The second-order valence-corrected chi connectivity index (χ2v) is 7.38. The van der Waals surface area contributed by atoms with Gasteiger partial charge in [0, 0.05) is 25.1 Å². The zero-order valence-corrected chi connectivity index (χ0v) is 15.8. The van der Waals surface area contributed by atoms with Gasteiger partial charge in [0.05, 0.1) is 16.4 Å². The monoisotopic (exact) mass is 346 g/mol. The number of rotatable bonds is 4. The van der Waals surface area contributed by atoms with Crippen LogP contribution in [0.1, 0.15) is 43.9 Å². The van der Waals surface area contributed by atoms with Gasteiger partial charge >= 0.3 is 0 Å². The van der Waals surface area contributed by atoms with Gasteiger partial charge in [0.15, 0.2) is 0 Å². The number of nitrogens with zero attached hydrogens (tertiary/aromatic N) is 3. The number of hydrogen-bond acceptors (Lipinski definition) is 3. The summed E-state index contributed by atoms with van der Waals surface area (Å²) < 4.78 is 1.94. The van der Waals surface area contributed by atoms with Gasteiger partial charge in [-0.2, -0.15) is 5.10 Å². The highest BCUT2D eigenvalue weighted by Gasteiger charge is 2.25. The molecule has 1 aliphatic heterocycles. The van der Waals surface area contributed by atoms with E-state index in [1.807, 2.05) is 30.8 Å². The average Bonchev–Trinajstić information content (AvgIpc) is 2.99. The van der Waals surface area contributed by atoms with Crippen molar-refractivity contribution in [2.75, 3.05) is 25.5 Å². The minimum Gasteiger partial charge on any atom is -0.373 e. The summed E-state index contributed by atoms with van der Waals surface area (Å²) in [4.78, 5) is 2.54. The first-order valence-corrected chi connectivity index (χ1v) is 9.15. The van der Waals surface area contributed by atoms with Crippen LogP contribution in [0.3, 0.4) is 0 Å². The molecule has 0 atom stereocenters. The van der Waals surface area contributed by atoms with Crippen LogP contribution in [0.2, 0.25) is 5.02 Å². The molecule has 1 aromatic carbocycles. The lowest BCUT2D eigenvalue weighted by atomic mass is 9.93. The Morgan fingerprint density at radius 2 is 1.92 bits per heavy atom. The molecule has 24 heavy (non-hydrogen) atoms. The summed E-state index contributed by atoms with van der Waals surface area (Å²) >= 11 is 6.45. The molecule has 2 aromatic rings. The number of piperidine rings is 1. The van der Waals surface area contributed by atoms with E-state index >= 15 is 0 Å².